The van der Waals surface area contributed by atoms with E-state index >= 15 is 0 Å². The fourth-order valence-corrected chi connectivity index (χ4v) is 5.08. The third kappa shape index (κ3) is 37.6. The van der Waals surface area contributed by atoms with Gasteiger partial charge in [0.25, 0.3) is 0 Å². The number of likely N-dealkylation sites (N-methyl/N-ethyl adjacent to an activating group) is 3. The van der Waals surface area contributed by atoms with Gasteiger partial charge in [-0.3, -0.25) is 24.2 Å². The van der Waals surface area contributed by atoms with Gasteiger partial charge in [-0.25, -0.2) is 4.79 Å². The molecule has 14 nitrogen and oxygen atoms in total. The van der Waals surface area contributed by atoms with E-state index in [1.165, 1.54) is 5.56 Å². The first kappa shape index (κ1) is 62.6. The molecule has 0 radical (unpaired) electrons. The van der Waals surface area contributed by atoms with Gasteiger partial charge in [0.2, 0.25) is 6.29 Å². The Morgan fingerprint density at radius 2 is 0.984 bits per heavy atom. The maximum absolute atomic E-state index is 11.6. The number of aldehydes is 1. The third-order valence-corrected chi connectivity index (χ3v) is 8.50. The summed E-state index contributed by atoms with van der Waals surface area (Å²) in [6.45, 7) is 12.1. The molecule has 0 aromatic heterocycles. The number of halogens is 3. The summed E-state index contributed by atoms with van der Waals surface area (Å²) in [6.07, 6.45) is 0.142. The van der Waals surface area contributed by atoms with E-state index in [-0.39, 0.29) is 60.4 Å². The van der Waals surface area contributed by atoms with Crippen LogP contribution in [0.25, 0.3) is 0 Å². The molecule has 3 aromatic carbocycles. The monoisotopic (exact) mass is 922 g/mol. The van der Waals surface area contributed by atoms with Crippen LogP contribution in [-0.4, -0.2) is 167 Å². The number of nitrogens with zero attached hydrogens (tertiary/aromatic N) is 5. The molecule has 0 bridgehead atoms. The number of hydrogen-bond acceptors (Lipinski definition) is 13. The van der Waals surface area contributed by atoms with Crippen LogP contribution in [-0.2, 0) is 48.3 Å². The van der Waals surface area contributed by atoms with Crippen molar-refractivity contribution in [2.24, 2.45) is 0 Å². The van der Waals surface area contributed by atoms with Gasteiger partial charge in [-0.05, 0) is 109 Å². The van der Waals surface area contributed by atoms with Crippen LogP contribution in [0, 0.1) is 0 Å². The standard InChI is InChI=1S/C15H23ClN2O2.C13H19ClN2O2.C11H17ClN2.C4H6O3.Na.H2O/c1-4-20-15(19)12-18(10-9-17(2)3)11-13-5-7-14(16)8-6-13;1-15(2)7-8-16(10-13(17)18)9-11-3-5-12(14)6-4-11;1-14(2)8-7-13-9-10-3-5-11(12)6-4-10;1-2-7-4(6)3-5;;/h5-8H,4,9-12H2,1-3H3;3-6H,7-10H2,1-2H3,(H,17,18);3-6,13H,7-9H2,1-2H3;3H,2H2,1H3;;1H2/q;;;;+1;/p-1. The van der Waals surface area contributed by atoms with Crippen LogP contribution in [0.15, 0.2) is 72.8 Å². The Hall–Kier alpha value is -2.67. The van der Waals surface area contributed by atoms with Crippen molar-refractivity contribution >= 4 is 59.0 Å². The van der Waals surface area contributed by atoms with Crippen LogP contribution >= 0.6 is 34.8 Å². The molecule has 61 heavy (non-hydrogen) atoms. The Balaban J connectivity index is -0.000000763. The number of nitrogens with one attached hydrogen (secondary N) is 1. The number of ether oxygens (including phenoxy) is 2. The van der Waals surface area contributed by atoms with Crippen LogP contribution in [0.5, 0.6) is 0 Å². The average Bonchev–Trinajstić information content (AvgIpc) is 3.17. The molecule has 18 heteroatoms. The predicted octanol–water partition coefficient (Wildman–Crippen LogP) is 2.62. The molecule has 0 saturated carbocycles. The molecule has 0 aliphatic heterocycles. The number of carbonyl (C=O) groups excluding carboxylic acids is 3. The molecular formula is C43H66Cl3N6NaO8. The molecule has 3 rings (SSSR count). The van der Waals surface area contributed by atoms with Gasteiger partial charge >= 0.3 is 47.5 Å². The normalized spacial score (nSPS) is 10.3. The Kier molecular flexibility index (Phi) is 40.0. The van der Waals surface area contributed by atoms with Crippen LogP contribution in [0.4, 0.5) is 0 Å². The van der Waals surface area contributed by atoms with E-state index in [0.717, 1.165) is 67.0 Å². The van der Waals surface area contributed by atoms with Gasteiger partial charge in [0.1, 0.15) is 0 Å². The summed E-state index contributed by atoms with van der Waals surface area (Å²) in [7, 11) is 12.1. The second kappa shape index (κ2) is 39.0. The zero-order chi connectivity index (χ0) is 44.6. The Morgan fingerprint density at radius 1 is 0.607 bits per heavy atom. The maximum Gasteiger partial charge on any atom is 1.00 e. The van der Waals surface area contributed by atoms with E-state index in [0.29, 0.717) is 31.3 Å². The fourth-order valence-electron chi connectivity index (χ4n) is 4.70. The van der Waals surface area contributed by atoms with Crippen molar-refractivity contribution in [3.8, 4) is 0 Å². The number of carboxylic acid groups (broad SMARTS) is 1. The SMILES string of the molecule is CCOC(=O)C=O.CCOC(=O)CN(CCN(C)C)Cc1ccc(Cl)cc1.CN(C)CCN(CC(=O)O)Cc1ccc(Cl)cc1.CN(C)CCNCc1ccc(Cl)cc1.[Na+].[OH-]. The number of carboxylic acids is 1. The van der Waals surface area contributed by atoms with Gasteiger partial charge in [0, 0.05) is 74.0 Å². The van der Waals surface area contributed by atoms with Crippen molar-refractivity contribution in [2.45, 2.75) is 33.5 Å². The topological polar surface area (TPSA) is 165 Å². The largest absolute Gasteiger partial charge is 1.00 e. The minimum atomic E-state index is -0.803. The van der Waals surface area contributed by atoms with Crippen molar-refractivity contribution in [1.82, 2.24) is 29.8 Å². The molecule has 0 unspecified atom stereocenters. The first-order valence-electron chi connectivity index (χ1n) is 19.3. The summed E-state index contributed by atoms with van der Waals surface area (Å²) < 4.78 is 9.20. The quantitative estimate of drug-likeness (QED) is 0.0497. The second-order valence-electron chi connectivity index (χ2n) is 14.0. The molecule has 0 saturated heterocycles. The smallest absolute Gasteiger partial charge is 0.870 e. The van der Waals surface area contributed by atoms with Crippen LogP contribution in [0.2, 0.25) is 15.1 Å². The molecule has 338 valence electrons. The maximum atomic E-state index is 11.6. The van der Waals surface area contributed by atoms with Crippen LogP contribution in [0.1, 0.15) is 30.5 Å². The molecule has 3 aromatic rings. The fraction of sp³-hybridized carbons (Fsp3) is 0.488. The van der Waals surface area contributed by atoms with Gasteiger partial charge in [-0.15, -0.1) is 0 Å². The molecule has 0 aliphatic carbocycles. The van der Waals surface area contributed by atoms with E-state index < -0.39 is 11.9 Å². The van der Waals surface area contributed by atoms with Crippen molar-refractivity contribution in [2.75, 3.05) is 108 Å². The summed E-state index contributed by atoms with van der Waals surface area (Å²) in [5.74, 6) is -1.79. The first-order valence-corrected chi connectivity index (χ1v) is 20.4. The van der Waals surface area contributed by atoms with E-state index in [1.54, 1.807) is 6.92 Å². The molecular weight excluding hydrogens is 858 g/mol. The molecule has 0 amide bonds. The van der Waals surface area contributed by atoms with Crippen molar-refractivity contribution in [1.29, 1.82) is 0 Å². The molecule has 3 N–H and O–H groups in total. The zero-order valence-corrected chi connectivity index (χ0v) is 41.7. The first-order chi connectivity index (χ1) is 28.0. The van der Waals surface area contributed by atoms with E-state index in [4.69, 9.17) is 44.6 Å². The van der Waals surface area contributed by atoms with E-state index in [2.05, 4.69) is 38.8 Å². The second-order valence-corrected chi connectivity index (χ2v) is 15.3. The van der Waals surface area contributed by atoms with Crippen LogP contribution < -0.4 is 34.9 Å². The van der Waals surface area contributed by atoms with Gasteiger partial charge < -0.3 is 40.1 Å². The van der Waals surface area contributed by atoms with Crippen molar-refractivity contribution in [3.63, 3.8) is 0 Å². The number of carbonyl (C=O) groups is 4. The number of rotatable bonds is 22. The Bertz CT molecular complexity index is 1580. The zero-order valence-electron chi connectivity index (χ0n) is 37.4. The molecule has 0 fully saturated rings. The summed E-state index contributed by atoms with van der Waals surface area (Å²) in [5.41, 5.74) is 3.48. The molecule has 0 atom stereocenters. The number of benzene rings is 3. The summed E-state index contributed by atoms with van der Waals surface area (Å²) in [6, 6.07) is 23.1. The van der Waals surface area contributed by atoms with Crippen LogP contribution in [0.3, 0.4) is 0 Å². The van der Waals surface area contributed by atoms with Gasteiger partial charge in [0.05, 0.1) is 26.3 Å². The summed E-state index contributed by atoms with van der Waals surface area (Å²) >= 11 is 17.5. The third-order valence-electron chi connectivity index (χ3n) is 7.74. The molecule has 0 aliphatic rings. The minimum Gasteiger partial charge on any atom is -0.870 e. The number of aliphatic carboxylic acids is 1. The van der Waals surface area contributed by atoms with Gasteiger partial charge in [0.15, 0.2) is 0 Å². The minimum absolute atomic E-state index is 0. The number of esters is 2. The van der Waals surface area contributed by atoms with Gasteiger partial charge in [-0.1, -0.05) is 71.2 Å². The Morgan fingerprint density at radius 3 is 1.31 bits per heavy atom. The molecule has 0 heterocycles. The Labute approximate surface area is 401 Å². The number of hydrogen-bond donors (Lipinski definition) is 2. The summed E-state index contributed by atoms with van der Waals surface area (Å²) in [5, 5.41) is 14.5. The average molecular weight is 924 g/mol. The van der Waals surface area contributed by atoms with Crippen molar-refractivity contribution in [3.05, 3.63) is 105 Å². The van der Waals surface area contributed by atoms with Gasteiger partial charge in [-0.2, -0.15) is 0 Å². The predicted molar refractivity (Wildman–Crippen MR) is 241 cm³/mol. The van der Waals surface area contributed by atoms with E-state index in [9.17, 15) is 19.2 Å². The molecule has 0 spiro atoms. The summed E-state index contributed by atoms with van der Waals surface area (Å²) in [4.78, 5) is 52.0. The van der Waals surface area contributed by atoms with Crippen molar-refractivity contribution < 1.29 is 68.8 Å². The van der Waals surface area contributed by atoms with E-state index in [1.807, 2.05) is 118 Å².